The van der Waals surface area contributed by atoms with Crippen molar-refractivity contribution < 1.29 is 9.53 Å². The number of anilines is 1. The second-order valence-corrected chi connectivity index (χ2v) is 5.60. The Hall–Kier alpha value is -2.70. The topological polar surface area (TPSA) is 81.9 Å². The SMILES string of the molecule is CCCC1=C(C(=O)OCC)[C@@H](c2cccnc2)n2nc(C)nc2N1. The molecule has 1 N–H and O–H groups in total. The molecule has 7 nitrogen and oxygen atoms in total. The molecule has 0 saturated carbocycles. The number of nitrogens with one attached hydrogen (secondary N) is 1. The standard InChI is InChI=1S/C17H21N5O2/c1-4-7-13-14(16(23)24-5-2)15(12-8-6-9-18-10-12)22-17(20-13)19-11(3)21-22/h6,8-10,15H,4-5,7H2,1-3H3,(H,19,20,21)/t15-/m1/s1. The van der Waals surface area contributed by atoms with Crippen LogP contribution in [0.4, 0.5) is 5.95 Å². The van der Waals surface area contributed by atoms with E-state index in [-0.39, 0.29) is 5.97 Å². The third-order valence-electron chi connectivity index (χ3n) is 3.84. The molecule has 0 aliphatic carbocycles. The van der Waals surface area contributed by atoms with Crippen molar-refractivity contribution in [1.82, 2.24) is 19.7 Å². The van der Waals surface area contributed by atoms with E-state index in [1.165, 1.54) is 0 Å². The van der Waals surface area contributed by atoms with Gasteiger partial charge >= 0.3 is 5.97 Å². The molecule has 2 aromatic rings. The lowest BCUT2D eigenvalue weighted by Gasteiger charge is -2.29. The van der Waals surface area contributed by atoms with Crippen LogP contribution in [-0.2, 0) is 9.53 Å². The summed E-state index contributed by atoms with van der Waals surface area (Å²) in [6, 6.07) is 3.40. The molecule has 0 unspecified atom stereocenters. The molecule has 0 saturated heterocycles. The number of fused-ring (bicyclic) bond motifs is 1. The number of carbonyl (C=O) groups is 1. The van der Waals surface area contributed by atoms with Crippen LogP contribution in [0.15, 0.2) is 35.8 Å². The summed E-state index contributed by atoms with van der Waals surface area (Å²) >= 11 is 0. The Morgan fingerprint density at radius 1 is 1.42 bits per heavy atom. The normalized spacial score (nSPS) is 16.5. The Labute approximate surface area is 140 Å². The van der Waals surface area contributed by atoms with E-state index in [4.69, 9.17) is 4.74 Å². The minimum absolute atomic E-state index is 0.324. The number of aromatic nitrogens is 4. The fourth-order valence-electron chi connectivity index (χ4n) is 2.92. The van der Waals surface area contributed by atoms with Crippen LogP contribution in [-0.4, -0.2) is 32.3 Å². The molecule has 0 bridgehead atoms. The molecule has 1 aliphatic heterocycles. The summed E-state index contributed by atoms with van der Waals surface area (Å²) in [7, 11) is 0. The van der Waals surface area contributed by atoms with Gasteiger partial charge in [-0.3, -0.25) is 4.98 Å². The third-order valence-corrected chi connectivity index (χ3v) is 3.84. The minimum Gasteiger partial charge on any atom is -0.463 e. The molecular formula is C17H21N5O2. The molecule has 1 aliphatic rings. The van der Waals surface area contributed by atoms with E-state index in [0.29, 0.717) is 24.0 Å². The molecule has 3 rings (SSSR count). The summed E-state index contributed by atoms with van der Waals surface area (Å²) in [4.78, 5) is 21.3. The van der Waals surface area contributed by atoms with Crippen molar-refractivity contribution in [2.24, 2.45) is 0 Å². The highest BCUT2D eigenvalue weighted by molar-refractivity contribution is 5.92. The van der Waals surface area contributed by atoms with Gasteiger partial charge in [0.1, 0.15) is 11.9 Å². The molecule has 0 fully saturated rings. The Balaban J connectivity index is 2.18. The lowest BCUT2D eigenvalue weighted by Crippen LogP contribution is -2.30. The number of aryl methyl sites for hydroxylation is 1. The van der Waals surface area contributed by atoms with Crippen LogP contribution in [0.5, 0.6) is 0 Å². The Morgan fingerprint density at radius 3 is 2.92 bits per heavy atom. The minimum atomic E-state index is -0.392. The summed E-state index contributed by atoms with van der Waals surface area (Å²) in [5.41, 5.74) is 2.29. The Bertz CT molecular complexity index is 767. The van der Waals surface area contributed by atoms with Crippen molar-refractivity contribution in [1.29, 1.82) is 0 Å². The molecule has 0 aromatic carbocycles. The van der Waals surface area contributed by atoms with Gasteiger partial charge < -0.3 is 10.1 Å². The number of carbonyl (C=O) groups excluding carboxylic acids is 1. The van der Waals surface area contributed by atoms with Crippen molar-refractivity contribution in [2.45, 2.75) is 39.7 Å². The van der Waals surface area contributed by atoms with E-state index >= 15 is 0 Å². The van der Waals surface area contributed by atoms with Crippen molar-refractivity contribution in [2.75, 3.05) is 11.9 Å². The number of nitrogens with zero attached hydrogens (tertiary/aromatic N) is 4. The van der Waals surface area contributed by atoms with E-state index in [9.17, 15) is 4.79 Å². The van der Waals surface area contributed by atoms with Crippen LogP contribution in [0.1, 0.15) is 44.1 Å². The number of rotatable bonds is 5. The molecule has 0 radical (unpaired) electrons. The van der Waals surface area contributed by atoms with Gasteiger partial charge in [0.25, 0.3) is 0 Å². The maximum Gasteiger partial charge on any atom is 0.338 e. The third kappa shape index (κ3) is 2.89. The first kappa shape index (κ1) is 16.2. The van der Waals surface area contributed by atoms with Crippen molar-refractivity contribution in [3.05, 3.63) is 47.2 Å². The van der Waals surface area contributed by atoms with Crippen molar-refractivity contribution >= 4 is 11.9 Å². The molecule has 0 amide bonds. The molecule has 7 heteroatoms. The lowest BCUT2D eigenvalue weighted by molar-refractivity contribution is -0.139. The number of pyridine rings is 1. The van der Waals surface area contributed by atoms with Crippen LogP contribution in [0.25, 0.3) is 0 Å². The maximum atomic E-state index is 12.7. The van der Waals surface area contributed by atoms with Crippen LogP contribution < -0.4 is 5.32 Å². The second kappa shape index (κ2) is 6.82. The van der Waals surface area contributed by atoms with E-state index in [2.05, 4.69) is 27.3 Å². The highest BCUT2D eigenvalue weighted by atomic mass is 16.5. The predicted octanol–water partition coefficient (Wildman–Crippen LogP) is 2.61. The summed E-state index contributed by atoms with van der Waals surface area (Å²) in [5.74, 6) is 0.950. The molecule has 1 atom stereocenters. The number of ether oxygens (including phenoxy) is 1. The highest BCUT2D eigenvalue weighted by Crippen LogP contribution is 2.36. The van der Waals surface area contributed by atoms with Crippen molar-refractivity contribution in [3.63, 3.8) is 0 Å². The average molecular weight is 327 g/mol. The van der Waals surface area contributed by atoms with Crippen LogP contribution in [0.2, 0.25) is 0 Å². The summed E-state index contributed by atoms with van der Waals surface area (Å²) < 4.78 is 7.05. The largest absolute Gasteiger partial charge is 0.463 e. The highest BCUT2D eigenvalue weighted by Gasteiger charge is 2.35. The van der Waals surface area contributed by atoms with Gasteiger partial charge in [-0.25, -0.2) is 9.48 Å². The zero-order valence-electron chi connectivity index (χ0n) is 14.1. The van der Waals surface area contributed by atoms with Crippen molar-refractivity contribution in [3.8, 4) is 0 Å². The zero-order chi connectivity index (χ0) is 17.1. The maximum absolute atomic E-state index is 12.7. The van der Waals surface area contributed by atoms with Gasteiger partial charge in [0, 0.05) is 18.1 Å². The van der Waals surface area contributed by atoms with Gasteiger partial charge in [0.15, 0.2) is 0 Å². The number of esters is 1. The zero-order valence-corrected chi connectivity index (χ0v) is 14.1. The first-order valence-electron chi connectivity index (χ1n) is 8.16. The van der Waals surface area contributed by atoms with E-state index in [1.807, 2.05) is 19.1 Å². The van der Waals surface area contributed by atoms with E-state index < -0.39 is 6.04 Å². The molecule has 24 heavy (non-hydrogen) atoms. The van der Waals surface area contributed by atoms with Gasteiger partial charge in [-0.05, 0) is 31.9 Å². The summed E-state index contributed by atoms with van der Waals surface area (Å²) in [5, 5.41) is 7.73. The molecular weight excluding hydrogens is 306 g/mol. The first-order chi connectivity index (χ1) is 11.7. The molecule has 126 valence electrons. The van der Waals surface area contributed by atoms with Gasteiger partial charge in [-0.15, -0.1) is 0 Å². The fraction of sp³-hybridized carbons (Fsp3) is 0.412. The monoisotopic (exact) mass is 327 g/mol. The fourth-order valence-corrected chi connectivity index (χ4v) is 2.92. The van der Waals surface area contributed by atoms with E-state index in [0.717, 1.165) is 24.1 Å². The van der Waals surface area contributed by atoms with Crippen LogP contribution in [0, 0.1) is 6.92 Å². The number of hydrogen-bond acceptors (Lipinski definition) is 6. The van der Waals surface area contributed by atoms with Gasteiger partial charge in [-0.1, -0.05) is 19.4 Å². The number of allylic oxidation sites excluding steroid dienone is 1. The number of hydrogen-bond donors (Lipinski definition) is 1. The first-order valence-corrected chi connectivity index (χ1v) is 8.16. The van der Waals surface area contributed by atoms with Crippen LogP contribution in [0.3, 0.4) is 0 Å². The lowest BCUT2D eigenvalue weighted by atomic mass is 9.95. The quantitative estimate of drug-likeness (QED) is 0.850. The van der Waals surface area contributed by atoms with Gasteiger partial charge in [-0.2, -0.15) is 10.1 Å². The average Bonchev–Trinajstić information content (AvgIpc) is 2.94. The molecule has 0 spiro atoms. The van der Waals surface area contributed by atoms with Gasteiger partial charge in [0.05, 0.1) is 12.2 Å². The second-order valence-electron chi connectivity index (χ2n) is 5.60. The molecule has 3 heterocycles. The Morgan fingerprint density at radius 2 is 2.25 bits per heavy atom. The van der Waals surface area contributed by atoms with Crippen LogP contribution >= 0.6 is 0 Å². The van der Waals surface area contributed by atoms with Gasteiger partial charge in [0.2, 0.25) is 5.95 Å². The smallest absolute Gasteiger partial charge is 0.338 e. The predicted molar refractivity (Wildman–Crippen MR) is 89.3 cm³/mol. The Kier molecular flexibility index (Phi) is 4.59. The molecule has 2 aromatic heterocycles. The summed E-state index contributed by atoms with van der Waals surface area (Å²) in [6.45, 7) is 6.03. The van der Waals surface area contributed by atoms with E-state index in [1.54, 1.807) is 24.0 Å². The summed E-state index contributed by atoms with van der Waals surface area (Å²) in [6.07, 6.45) is 5.09.